The molecule has 0 aliphatic carbocycles. The van der Waals surface area contributed by atoms with Gasteiger partial charge in [0.1, 0.15) is 0 Å². The molecule has 0 bridgehead atoms. The summed E-state index contributed by atoms with van der Waals surface area (Å²) < 4.78 is 2.48. The third-order valence-corrected chi connectivity index (χ3v) is 6.20. The first kappa shape index (κ1) is 16.7. The van der Waals surface area contributed by atoms with Crippen LogP contribution in [0.5, 0.6) is 0 Å². The average Bonchev–Trinajstić information content (AvgIpc) is 2.93. The highest BCUT2D eigenvalue weighted by Gasteiger charge is 2.33. The third-order valence-electron chi connectivity index (χ3n) is 3.71. The monoisotopic (exact) mass is 328 g/mol. The van der Waals surface area contributed by atoms with Crippen LogP contribution in [0.3, 0.4) is 0 Å². The van der Waals surface area contributed by atoms with Crippen molar-refractivity contribution in [2.75, 3.05) is 11.5 Å². The quantitative estimate of drug-likeness (QED) is 0.836. The molecular weight excluding hydrogens is 304 g/mol. The van der Waals surface area contributed by atoms with Crippen molar-refractivity contribution in [2.45, 2.75) is 62.4 Å². The number of carbonyl (C=O) groups is 1. The van der Waals surface area contributed by atoms with Gasteiger partial charge in [0.15, 0.2) is 5.16 Å². The minimum Gasteiger partial charge on any atom is -0.481 e. The van der Waals surface area contributed by atoms with Crippen molar-refractivity contribution >= 4 is 29.5 Å². The molecular formula is C15H24N2O2S2. The van der Waals surface area contributed by atoms with E-state index in [0.29, 0.717) is 0 Å². The van der Waals surface area contributed by atoms with E-state index in [0.717, 1.165) is 11.7 Å². The fourth-order valence-electron chi connectivity index (χ4n) is 2.65. The van der Waals surface area contributed by atoms with Crippen molar-refractivity contribution in [1.82, 2.24) is 9.55 Å². The summed E-state index contributed by atoms with van der Waals surface area (Å²) in [5.74, 6) is 0.478. The van der Waals surface area contributed by atoms with Gasteiger partial charge in [0.05, 0.1) is 5.75 Å². The Morgan fingerprint density at radius 3 is 2.81 bits per heavy atom. The Bertz CT molecular complexity index is 514. The molecule has 1 aromatic rings. The molecule has 1 aliphatic heterocycles. The summed E-state index contributed by atoms with van der Waals surface area (Å²) in [5, 5.41) is 9.73. The van der Waals surface area contributed by atoms with Crippen molar-refractivity contribution in [3.8, 4) is 0 Å². The maximum absolute atomic E-state index is 10.8. The smallest absolute Gasteiger partial charge is 0.313 e. The van der Waals surface area contributed by atoms with Gasteiger partial charge in [0.25, 0.3) is 0 Å². The van der Waals surface area contributed by atoms with Gasteiger partial charge in [-0.05, 0) is 25.5 Å². The first-order valence-electron chi connectivity index (χ1n) is 7.26. The topological polar surface area (TPSA) is 55.1 Å². The predicted octanol–water partition coefficient (Wildman–Crippen LogP) is 3.64. The standard InChI is InChI=1S/C15H24N2O2S2/c1-14(2,3)11-8-16-13(20-9-12(18)19)17(11)10-15(4)6-5-7-21-15/h8H,5-7,9-10H2,1-4H3,(H,18,19). The fraction of sp³-hybridized carbons (Fsp3) is 0.733. The van der Waals surface area contributed by atoms with Gasteiger partial charge in [0.2, 0.25) is 0 Å². The zero-order valence-corrected chi connectivity index (χ0v) is 14.8. The molecule has 1 fully saturated rings. The molecule has 21 heavy (non-hydrogen) atoms. The zero-order chi connectivity index (χ0) is 15.7. The van der Waals surface area contributed by atoms with E-state index in [4.69, 9.17) is 5.11 Å². The summed E-state index contributed by atoms with van der Waals surface area (Å²) in [6.45, 7) is 9.75. The molecule has 1 N–H and O–H groups in total. The number of aromatic nitrogens is 2. The van der Waals surface area contributed by atoms with Gasteiger partial charge in [-0.25, -0.2) is 4.98 Å². The molecule has 1 aliphatic rings. The van der Waals surface area contributed by atoms with Crippen LogP contribution in [0.15, 0.2) is 11.4 Å². The fourth-order valence-corrected chi connectivity index (χ4v) is 4.64. The van der Waals surface area contributed by atoms with Crippen LogP contribution >= 0.6 is 23.5 Å². The van der Waals surface area contributed by atoms with E-state index < -0.39 is 5.97 Å². The van der Waals surface area contributed by atoms with Crippen molar-refractivity contribution in [3.63, 3.8) is 0 Å². The Morgan fingerprint density at radius 1 is 1.57 bits per heavy atom. The molecule has 6 heteroatoms. The molecule has 1 atom stereocenters. The number of nitrogens with zero attached hydrogens (tertiary/aromatic N) is 2. The second-order valence-corrected chi connectivity index (χ2v) is 9.47. The highest BCUT2D eigenvalue weighted by Crippen LogP contribution is 2.41. The molecule has 0 spiro atoms. The largest absolute Gasteiger partial charge is 0.481 e. The van der Waals surface area contributed by atoms with Crippen LogP contribution in [-0.4, -0.2) is 36.9 Å². The molecule has 0 radical (unpaired) electrons. The lowest BCUT2D eigenvalue weighted by Gasteiger charge is -2.28. The lowest BCUT2D eigenvalue weighted by Crippen LogP contribution is -2.28. The highest BCUT2D eigenvalue weighted by atomic mass is 32.2. The maximum Gasteiger partial charge on any atom is 0.313 e. The maximum atomic E-state index is 10.8. The van der Waals surface area contributed by atoms with Crippen molar-refractivity contribution in [3.05, 3.63) is 11.9 Å². The number of thioether (sulfide) groups is 2. The Balaban J connectivity index is 2.29. The molecule has 2 rings (SSSR count). The number of rotatable bonds is 5. The molecule has 1 unspecified atom stereocenters. The van der Waals surface area contributed by atoms with Crippen LogP contribution in [-0.2, 0) is 16.8 Å². The minimum atomic E-state index is -0.798. The molecule has 2 heterocycles. The van der Waals surface area contributed by atoms with E-state index in [1.807, 2.05) is 18.0 Å². The number of hydrogen-bond acceptors (Lipinski definition) is 4. The van der Waals surface area contributed by atoms with E-state index >= 15 is 0 Å². The first-order valence-corrected chi connectivity index (χ1v) is 9.23. The summed E-state index contributed by atoms with van der Waals surface area (Å²) in [5.41, 5.74) is 1.19. The number of imidazole rings is 1. The molecule has 1 saturated heterocycles. The molecule has 4 nitrogen and oxygen atoms in total. The van der Waals surface area contributed by atoms with Crippen LogP contribution in [0.1, 0.15) is 46.2 Å². The van der Waals surface area contributed by atoms with Crippen molar-refractivity contribution in [2.24, 2.45) is 0 Å². The third kappa shape index (κ3) is 4.19. The van der Waals surface area contributed by atoms with Crippen LogP contribution in [0.2, 0.25) is 0 Å². The number of hydrogen-bond donors (Lipinski definition) is 1. The second-order valence-electron chi connectivity index (χ2n) is 6.85. The summed E-state index contributed by atoms with van der Waals surface area (Å²) in [6.07, 6.45) is 4.38. The minimum absolute atomic E-state index is 0.00860. The number of carboxylic acids is 1. The van der Waals surface area contributed by atoms with E-state index in [1.165, 1.54) is 36.1 Å². The number of aliphatic carboxylic acids is 1. The summed E-state index contributed by atoms with van der Waals surface area (Å²) in [7, 11) is 0. The van der Waals surface area contributed by atoms with Crippen LogP contribution in [0.4, 0.5) is 0 Å². The van der Waals surface area contributed by atoms with E-state index in [1.54, 1.807) is 0 Å². The van der Waals surface area contributed by atoms with Gasteiger partial charge in [-0.3, -0.25) is 4.79 Å². The lowest BCUT2D eigenvalue weighted by molar-refractivity contribution is -0.133. The van der Waals surface area contributed by atoms with Crippen LogP contribution < -0.4 is 0 Å². The molecule has 0 amide bonds. The normalized spacial score (nSPS) is 22.7. The molecule has 0 aromatic carbocycles. The Labute approximate surface area is 135 Å². The average molecular weight is 329 g/mol. The predicted molar refractivity (Wildman–Crippen MR) is 89.4 cm³/mol. The summed E-state index contributed by atoms with van der Waals surface area (Å²) in [4.78, 5) is 15.3. The zero-order valence-electron chi connectivity index (χ0n) is 13.2. The van der Waals surface area contributed by atoms with Crippen LogP contribution in [0.25, 0.3) is 0 Å². The Morgan fingerprint density at radius 2 is 2.29 bits per heavy atom. The number of carboxylic acid groups (broad SMARTS) is 1. The Kier molecular flexibility index (Phi) is 4.98. The van der Waals surface area contributed by atoms with Gasteiger partial charge >= 0.3 is 5.97 Å². The SMILES string of the molecule is CC1(Cn2c(C(C)(C)C)cnc2SCC(=O)O)CCCS1. The van der Waals surface area contributed by atoms with Gasteiger partial charge in [-0.1, -0.05) is 32.5 Å². The highest BCUT2D eigenvalue weighted by molar-refractivity contribution is 8.00. The van der Waals surface area contributed by atoms with E-state index in [-0.39, 0.29) is 15.9 Å². The van der Waals surface area contributed by atoms with Gasteiger partial charge in [-0.2, -0.15) is 11.8 Å². The van der Waals surface area contributed by atoms with Gasteiger partial charge in [-0.15, -0.1) is 0 Å². The lowest BCUT2D eigenvalue weighted by atomic mass is 9.92. The van der Waals surface area contributed by atoms with Crippen molar-refractivity contribution in [1.29, 1.82) is 0 Å². The van der Waals surface area contributed by atoms with E-state index in [2.05, 4.69) is 37.2 Å². The van der Waals surface area contributed by atoms with E-state index in [9.17, 15) is 4.79 Å². The second kappa shape index (κ2) is 6.24. The summed E-state index contributed by atoms with van der Waals surface area (Å²) >= 11 is 3.34. The van der Waals surface area contributed by atoms with Crippen molar-refractivity contribution < 1.29 is 9.90 Å². The van der Waals surface area contributed by atoms with Gasteiger partial charge in [0, 0.05) is 28.6 Å². The van der Waals surface area contributed by atoms with Crippen LogP contribution in [0, 0.1) is 0 Å². The Hall–Kier alpha value is -0.620. The molecule has 118 valence electrons. The summed E-state index contributed by atoms with van der Waals surface area (Å²) in [6, 6.07) is 0. The first-order chi connectivity index (χ1) is 9.71. The molecule has 0 saturated carbocycles. The molecule has 1 aromatic heterocycles. The van der Waals surface area contributed by atoms with Gasteiger partial charge < -0.3 is 9.67 Å².